The van der Waals surface area contributed by atoms with E-state index in [1.165, 1.54) is 0 Å². The smallest absolute Gasteiger partial charge is 0.223 e. The molecule has 5 rings (SSSR count). The minimum absolute atomic E-state index is 0.324. The highest BCUT2D eigenvalue weighted by atomic mass is 16.3. The van der Waals surface area contributed by atoms with Crippen LogP contribution in [0.1, 0.15) is 31.2 Å². The van der Waals surface area contributed by atoms with Crippen molar-refractivity contribution < 1.29 is 4.42 Å². The Balaban J connectivity index is 1.50. The third kappa shape index (κ3) is 3.49. The van der Waals surface area contributed by atoms with Crippen molar-refractivity contribution in [3.63, 3.8) is 0 Å². The van der Waals surface area contributed by atoms with Crippen molar-refractivity contribution in [2.24, 2.45) is 5.73 Å². The molecule has 7 nitrogen and oxygen atoms in total. The number of nitrogens with two attached hydrogens (primary N) is 1. The van der Waals surface area contributed by atoms with E-state index < -0.39 is 0 Å². The lowest BCUT2D eigenvalue weighted by Gasteiger charge is -2.26. The van der Waals surface area contributed by atoms with Gasteiger partial charge in [0.15, 0.2) is 0 Å². The van der Waals surface area contributed by atoms with E-state index in [1.54, 1.807) is 12.5 Å². The van der Waals surface area contributed by atoms with Gasteiger partial charge in [0.2, 0.25) is 5.95 Å². The normalized spacial score (nSPS) is 19.5. The average Bonchev–Trinajstić information content (AvgIpc) is 3.41. The van der Waals surface area contributed by atoms with E-state index in [0.717, 1.165) is 59.4 Å². The van der Waals surface area contributed by atoms with Crippen LogP contribution < -0.4 is 11.1 Å². The van der Waals surface area contributed by atoms with E-state index in [4.69, 9.17) is 15.1 Å². The molecule has 0 atom stereocenters. The molecule has 0 unspecified atom stereocenters. The van der Waals surface area contributed by atoms with Gasteiger partial charge in [-0.1, -0.05) is 0 Å². The molecular formula is C22H24N6O. The number of nitrogens with zero attached hydrogens (tertiary/aromatic N) is 4. The molecule has 0 saturated heterocycles. The number of rotatable bonds is 4. The zero-order valence-electron chi connectivity index (χ0n) is 16.4. The van der Waals surface area contributed by atoms with Crippen LogP contribution in [0.25, 0.3) is 28.2 Å². The van der Waals surface area contributed by atoms with Gasteiger partial charge in [0.1, 0.15) is 5.65 Å². The Morgan fingerprint density at radius 1 is 1.07 bits per heavy atom. The lowest BCUT2D eigenvalue weighted by atomic mass is 9.92. The van der Waals surface area contributed by atoms with Crippen LogP contribution in [0, 0.1) is 6.92 Å². The molecule has 3 N–H and O–H groups in total. The first-order valence-corrected chi connectivity index (χ1v) is 10.0. The van der Waals surface area contributed by atoms with Crippen molar-refractivity contribution in [2.75, 3.05) is 5.32 Å². The summed E-state index contributed by atoms with van der Waals surface area (Å²) in [6.45, 7) is 2.03. The lowest BCUT2D eigenvalue weighted by molar-refractivity contribution is 0.410. The second kappa shape index (κ2) is 7.33. The van der Waals surface area contributed by atoms with Gasteiger partial charge in [-0.15, -0.1) is 0 Å². The third-order valence-corrected chi connectivity index (χ3v) is 5.68. The average molecular weight is 388 g/mol. The van der Waals surface area contributed by atoms with Gasteiger partial charge < -0.3 is 15.5 Å². The van der Waals surface area contributed by atoms with Gasteiger partial charge in [-0.25, -0.2) is 15.0 Å². The zero-order valence-corrected chi connectivity index (χ0v) is 16.4. The van der Waals surface area contributed by atoms with Gasteiger partial charge >= 0.3 is 0 Å². The summed E-state index contributed by atoms with van der Waals surface area (Å²) in [5.41, 5.74) is 11.8. The predicted octanol–water partition coefficient (Wildman–Crippen LogP) is 4.04. The highest BCUT2D eigenvalue weighted by molar-refractivity contribution is 5.68. The Bertz CT molecular complexity index is 1130. The Kier molecular flexibility index (Phi) is 4.52. The molecule has 0 spiro atoms. The van der Waals surface area contributed by atoms with Crippen LogP contribution in [0.2, 0.25) is 0 Å². The Morgan fingerprint density at radius 3 is 2.72 bits per heavy atom. The van der Waals surface area contributed by atoms with Crippen molar-refractivity contribution in [1.29, 1.82) is 0 Å². The molecular weight excluding hydrogens is 364 g/mol. The number of anilines is 1. The molecule has 1 fully saturated rings. The van der Waals surface area contributed by atoms with Crippen LogP contribution in [0.15, 0.2) is 53.7 Å². The molecule has 4 aromatic rings. The summed E-state index contributed by atoms with van der Waals surface area (Å²) in [5, 5.41) is 3.49. The van der Waals surface area contributed by atoms with Crippen LogP contribution in [-0.4, -0.2) is 31.4 Å². The SMILES string of the molecule is Cc1cnc(NC2CCC(N)CC2)nc1-c1cnc2ccc(-c3ccoc3)cn12. The topological polar surface area (TPSA) is 94.3 Å². The minimum Gasteiger partial charge on any atom is -0.472 e. The van der Waals surface area contributed by atoms with Crippen LogP contribution in [0.4, 0.5) is 5.95 Å². The number of aryl methyl sites for hydroxylation is 1. The molecule has 29 heavy (non-hydrogen) atoms. The fourth-order valence-corrected chi connectivity index (χ4v) is 3.97. The zero-order chi connectivity index (χ0) is 19.8. The first-order valence-electron chi connectivity index (χ1n) is 10.0. The largest absolute Gasteiger partial charge is 0.472 e. The predicted molar refractivity (Wildman–Crippen MR) is 113 cm³/mol. The fraction of sp³-hybridized carbons (Fsp3) is 0.318. The first kappa shape index (κ1) is 17.9. The van der Waals surface area contributed by atoms with E-state index in [1.807, 2.05) is 37.5 Å². The van der Waals surface area contributed by atoms with E-state index in [2.05, 4.69) is 25.9 Å². The fourth-order valence-electron chi connectivity index (χ4n) is 3.97. The number of hydrogen-bond donors (Lipinski definition) is 2. The molecule has 1 aliphatic rings. The Labute approximate surface area is 169 Å². The molecule has 0 amide bonds. The molecule has 0 bridgehead atoms. The van der Waals surface area contributed by atoms with E-state index in [9.17, 15) is 0 Å². The molecule has 4 aromatic heterocycles. The number of aromatic nitrogens is 4. The molecule has 4 heterocycles. The minimum atomic E-state index is 0.324. The molecule has 0 aromatic carbocycles. The summed E-state index contributed by atoms with van der Waals surface area (Å²) in [5.74, 6) is 0.659. The van der Waals surface area contributed by atoms with Crippen molar-refractivity contribution >= 4 is 11.6 Å². The summed E-state index contributed by atoms with van der Waals surface area (Å²) >= 11 is 0. The van der Waals surface area contributed by atoms with Crippen LogP contribution in [-0.2, 0) is 0 Å². The summed E-state index contributed by atoms with van der Waals surface area (Å²) in [6, 6.07) is 6.70. The maximum absolute atomic E-state index is 6.02. The van der Waals surface area contributed by atoms with Crippen molar-refractivity contribution in [3.8, 4) is 22.5 Å². The van der Waals surface area contributed by atoms with Gasteiger partial charge in [-0.3, -0.25) is 4.40 Å². The highest BCUT2D eigenvalue weighted by Gasteiger charge is 2.20. The Hall–Kier alpha value is -3.19. The third-order valence-electron chi connectivity index (χ3n) is 5.68. The maximum Gasteiger partial charge on any atom is 0.223 e. The molecule has 1 saturated carbocycles. The van der Waals surface area contributed by atoms with Crippen LogP contribution in [0.5, 0.6) is 0 Å². The molecule has 148 valence electrons. The maximum atomic E-state index is 6.02. The van der Waals surface area contributed by atoms with E-state index >= 15 is 0 Å². The van der Waals surface area contributed by atoms with Crippen molar-refractivity contribution in [3.05, 3.63) is 54.9 Å². The molecule has 7 heteroatoms. The number of pyridine rings is 1. The summed E-state index contributed by atoms with van der Waals surface area (Å²) in [4.78, 5) is 13.9. The summed E-state index contributed by atoms with van der Waals surface area (Å²) in [7, 11) is 0. The quantitative estimate of drug-likeness (QED) is 0.548. The second-order valence-electron chi connectivity index (χ2n) is 7.78. The van der Waals surface area contributed by atoms with Gasteiger partial charge in [-0.2, -0.15) is 0 Å². The van der Waals surface area contributed by atoms with E-state index in [0.29, 0.717) is 18.0 Å². The van der Waals surface area contributed by atoms with Gasteiger partial charge in [0.25, 0.3) is 0 Å². The van der Waals surface area contributed by atoms with Crippen LogP contribution >= 0.6 is 0 Å². The number of hydrogen-bond acceptors (Lipinski definition) is 6. The van der Waals surface area contributed by atoms with E-state index in [-0.39, 0.29) is 0 Å². The van der Waals surface area contributed by atoms with Gasteiger partial charge in [-0.05, 0) is 56.4 Å². The number of furan rings is 1. The van der Waals surface area contributed by atoms with Gasteiger partial charge in [0.05, 0.1) is 30.1 Å². The van der Waals surface area contributed by atoms with Gasteiger partial charge in [0, 0.05) is 35.6 Å². The van der Waals surface area contributed by atoms with Crippen molar-refractivity contribution in [2.45, 2.75) is 44.7 Å². The summed E-state index contributed by atoms with van der Waals surface area (Å²) < 4.78 is 7.30. The first-order chi connectivity index (χ1) is 14.2. The Morgan fingerprint density at radius 2 is 1.93 bits per heavy atom. The standard InChI is InChI=1S/C22H24N6O/c1-14-10-25-22(26-18-5-3-17(23)4-6-18)27-21(14)19-11-24-20-7-2-15(12-28(19)20)16-8-9-29-13-16/h2,7-13,17-18H,3-6,23H2,1H3,(H,25,26,27). The second-order valence-corrected chi connectivity index (χ2v) is 7.78. The highest BCUT2D eigenvalue weighted by Crippen LogP contribution is 2.27. The van der Waals surface area contributed by atoms with Crippen molar-refractivity contribution in [1.82, 2.24) is 19.4 Å². The van der Waals surface area contributed by atoms with Crippen LogP contribution in [0.3, 0.4) is 0 Å². The molecule has 0 radical (unpaired) electrons. The molecule has 1 aliphatic carbocycles. The number of imidazole rings is 1. The molecule has 0 aliphatic heterocycles. The summed E-state index contributed by atoms with van der Waals surface area (Å²) in [6.07, 6.45) is 13.4. The lowest BCUT2D eigenvalue weighted by Crippen LogP contribution is -2.33. The number of fused-ring (bicyclic) bond motifs is 1. The monoisotopic (exact) mass is 388 g/mol. The number of nitrogens with one attached hydrogen (secondary N) is 1.